The van der Waals surface area contributed by atoms with Crippen LogP contribution in [0.1, 0.15) is 5.69 Å². The van der Waals surface area contributed by atoms with E-state index in [2.05, 4.69) is 20.9 Å². The van der Waals surface area contributed by atoms with E-state index in [4.69, 9.17) is 10.5 Å². The van der Waals surface area contributed by atoms with E-state index in [0.29, 0.717) is 22.6 Å². The molecule has 1 heterocycles. The van der Waals surface area contributed by atoms with Gasteiger partial charge in [-0.1, -0.05) is 6.07 Å². The number of rotatable bonds is 3. The Morgan fingerprint density at radius 3 is 2.82 bits per heavy atom. The van der Waals surface area contributed by atoms with Crippen molar-refractivity contribution in [3.8, 4) is 11.6 Å². The lowest BCUT2D eigenvalue weighted by Crippen LogP contribution is -2.00. The van der Waals surface area contributed by atoms with Crippen molar-refractivity contribution in [2.45, 2.75) is 6.54 Å². The maximum Gasteiger partial charge on any atom is 0.219 e. The second kappa shape index (κ2) is 5.25. The second-order valence-electron chi connectivity index (χ2n) is 3.35. The van der Waals surface area contributed by atoms with Crippen LogP contribution >= 0.6 is 15.9 Å². The van der Waals surface area contributed by atoms with E-state index in [0.717, 1.165) is 5.69 Å². The van der Waals surface area contributed by atoms with Gasteiger partial charge in [-0.05, 0) is 40.2 Å². The number of benzene rings is 1. The monoisotopic (exact) mass is 296 g/mol. The van der Waals surface area contributed by atoms with Gasteiger partial charge in [0.05, 0.1) is 10.2 Å². The SMILES string of the molecule is NCc1cccc(Oc2ccc(F)c(Br)c2)n1. The molecule has 0 atom stereocenters. The van der Waals surface area contributed by atoms with Gasteiger partial charge in [-0.15, -0.1) is 0 Å². The van der Waals surface area contributed by atoms with Crippen LogP contribution in [0.5, 0.6) is 11.6 Å². The first-order chi connectivity index (χ1) is 8.19. The highest BCUT2D eigenvalue weighted by atomic mass is 79.9. The van der Waals surface area contributed by atoms with E-state index < -0.39 is 0 Å². The zero-order valence-electron chi connectivity index (χ0n) is 8.86. The van der Waals surface area contributed by atoms with Crippen molar-refractivity contribution in [2.75, 3.05) is 0 Å². The lowest BCUT2D eigenvalue weighted by Gasteiger charge is -2.06. The highest BCUT2D eigenvalue weighted by Gasteiger charge is 2.03. The van der Waals surface area contributed by atoms with Gasteiger partial charge in [0.25, 0.3) is 0 Å². The third-order valence-electron chi connectivity index (χ3n) is 2.10. The molecule has 0 amide bonds. The van der Waals surface area contributed by atoms with Gasteiger partial charge >= 0.3 is 0 Å². The van der Waals surface area contributed by atoms with E-state index in [1.54, 1.807) is 12.1 Å². The van der Waals surface area contributed by atoms with Gasteiger partial charge in [-0.25, -0.2) is 9.37 Å². The Morgan fingerprint density at radius 2 is 2.12 bits per heavy atom. The Bertz CT molecular complexity index is 534. The van der Waals surface area contributed by atoms with E-state index in [9.17, 15) is 4.39 Å². The summed E-state index contributed by atoms with van der Waals surface area (Å²) >= 11 is 3.09. The van der Waals surface area contributed by atoms with Crippen molar-refractivity contribution in [3.63, 3.8) is 0 Å². The number of halogens is 2. The molecule has 2 rings (SSSR count). The quantitative estimate of drug-likeness (QED) is 0.946. The fraction of sp³-hybridized carbons (Fsp3) is 0.0833. The third kappa shape index (κ3) is 3.01. The normalized spacial score (nSPS) is 10.3. The molecular weight excluding hydrogens is 287 g/mol. The molecule has 5 heteroatoms. The molecule has 0 aliphatic rings. The molecule has 0 saturated carbocycles. The molecule has 0 unspecified atom stereocenters. The summed E-state index contributed by atoms with van der Waals surface area (Å²) in [5.41, 5.74) is 6.22. The minimum Gasteiger partial charge on any atom is -0.439 e. The lowest BCUT2D eigenvalue weighted by atomic mass is 10.3. The van der Waals surface area contributed by atoms with Gasteiger partial charge in [0.2, 0.25) is 5.88 Å². The van der Waals surface area contributed by atoms with E-state index in [1.165, 1.54) is 12.1 Å². The first kappa shape index (κ1) is 12.0. The molecule has 1 aromatic heterocycles. The van der Waals surface area contributed by atoms with Crippen LogP contribution in [-0.2, 0) is 6.54 Å². The van der Waals surface area contributed by atoms with Crippen LogP contribution in [0.15, 0.2) is 40.9 Å². The van der Waals surface area contributed by atoms with Crippen LogP contribution < -0.4 is 10.5 Å². The summed E-state index contributed by atoms with van der Waals surface area (Å²) in [6.07, 6.45) is 0. The summed E-state index contributed by atoms with van der Waals surface area (Å²) in [5, 5.41) is 0. The first-order valence-corrected chi connectivity index (χ1v) is 5.77. The molecule has 2 N–H and O–H groups in total. The van der Waals surface area contributed by atoms with E-state index >= 15 is 0 Å². The molecule has 1 aromatic carbocycles. The molecule has 0 saturated heterocycles. The minimum atomic E-state index is -0.332. The molecule has 0 spiro atoms. The summed E-state index contributed by atoms with van der Waals surface area (Å²) in [4.78, 5) is 4.18. The fourth-order valence-electron chi connectivity index (χ4n) is 1.29. The van der Waals surface area contributed by atoms with E-state index in [1.807, 2.05) is 12.1 Å². The fourth-order valence-corrected chi connectivity index (χ4v) is 1.65. The van der Waals surface area contributed by atoms with Gasteiger partial charge in [-0.2, -0.15) is 0 Å². The molecule has 3 nitrogen and oxygen atoms in total. The van der Waals surface area contributed by atoms with Crippen LogP contribution in [-0.4, -0.2) is 4.98 Å². The van der Waals surface area contributed by atoms with Crippen LogP contribution in [0.25, 0.3) is 0 Å². The number of nitrogens with zero attached hydrogens (tertiary/aromatic N) is 1. The number of hydrogen-bond donors (Lipinski definition) is 1. The zero-order chi connectivity index (χ0) is 12.3. The maximum atomic E-state index is 13.0. The average molecular weight is 297 g/mol. The number of pyridine rings is 1. The second-order valence-corrected chi connectivity index (χ2v) is 4.20. The topological polar surface area (TPSA) is 48.1 Å². The summed E-state index contributed by atoms with van der Waals surface area (Å²) in [6.45, 7) is 0.352. The van der Waals surface area contributed by atoms with Crippen molar-refractivity contribution in [1.29, 1.82) is 0 Å². The lowest BCUT2D eigenvalue weighted by molar-refractivity contribution is 0.458. The molecule has 17 heavy (non-hydrogen) atoms. The summed E-state index contributed by atoms with van der Waals surface area (Å²) in [5.74, 6) is 0.618. The van der Waals surface area contributed by atoms with Crippen LogP contribution in [0.4, 0.5) is 4.39 Å². The Labute approximate surface area is 107 Å². The third-order valence-corrected chi connectivity index (χ3v) is 2.71. The molecule has 88 valence electrons. The Hall–Kier alpha value is -1.46. The molecule has 0 fully saturated rings. The number of hydrogen-bond acceptors (Lipinski definition) is 3. The van der Waals surface area contributed by atoms with Gasteiger partial charge in [0.15, 0.2) is 0 Å². The maximum absolute atomic E-state index is 13.0. The van der Waals surface area contributed by atoms with Crippen LogP contribution in [0.2, 0.25) is 0 Å². The smallest absolute Gasteiger partial charge is 0.219 e. The van der Waals surface area contributed by atoms with Gasteiger partial charge < -0.3 is 10.5 Å². The van der Waals surface area contributed by atoms with Crippen molar-refractivity contribution >= 4 is 15.9 Å². The predicted molar refractivity (Wildman–Crippen MR) is 66.3 cm³/mol. The summed E-state index contributed by atoms with van der Waals surface area (Å²) in [7, 11) is 0. The largest absolute Gasteiger partial charge is 0.439 e. The molecule has 0 aliphatic heterocycles. The van der Waals surface area contributed by atoms with Crippen LogP contribution in [0.3, 0.4) is 0 Å². The first-order valence-electron chi connectivity index (χ1n) is 4.98. The summed E-state index contributed by atoms with van der Waals surface area (Å²) in [6, 6.07) is 9.75. The number of ether oxygens (including phenoxy) is 1. The van der Waals surface area contributed by atoms with Crippen molar-refractivity contribution in [3.05, 3.63) is 52.4 Å². The molecule has 0 bridgehead atoms. The molecular formula is C12H10BrFN2O. The predicted octanol–water partition coefficient (Wildman–Crippen LogP) is 3.23. The van der Waals surface area contributed by atoms with Gasteiger partial charge in [0.1, 0.15) is 11.6 Å². The van der Waals surface area contributed by atoms with E-state index in [-0.39, 0.29) is 5.82 Å². The van der Waals surface area contributed by atoms with Crippen molar-refractivity contribution in [1.82, 2.24) is 4.98 Å². The highest BCUT2D eigenvalue weighted by molar-refractivity contribution is 9.10. The minimum absolute atomic E-state index is 0.332. The Morgan fingerprint density at radius 1 is 1.29 bits per heavy atom. The standard InChI is InChI=1S/C12H10BrFN2O/c13-10-6-9(4-5-11(10)14)17-12-3-1-2-8(7-15)16-12/h1-6H,7,15H2. The Kier molecular flexibility index (Phi) is 3.71. The molecule has 2 aromatic rings. The average Bonchev–Trinajstić information content (AvgIpc) is 2.34. The van der Waals surface area contributed by atoms with Crippen LogP contribution in [0, 0.1) is 5.82 Å². The highest BCUT2D eigenvalue weighted by Crippen LogP contribution is 2.25. The zero-order valence-corrected chi connectivity index (χ0v) is 10.4. The molecule has 0 radical (unpaired) electrons. The Balaban J connectivity index is 2.22. The number of aromatic nitrogens is 1. The van der Waals surface area contributed by atoms with Crippen molar-refractivity contribution < 1.29 is 9.13 Å². The van der Waals surface area contributed by atoms with Gasteiger partial charge in [-0.3, -0.25) is 0 Å². The summed E-state index contributed by atoms with van der Waals surface area (Å²) < 4.78 is 18.9. The van der Waals surface area contributed by atoms with Crippen molar-refractivity contribution in [2.24, 2.45) is 5.73 Å². The van der Waals surface area contributed by atoms with Gasteiger partial charge in [0, 0.05) is 12.6 Å². The molecule has 0 aliphatic carbocycles. The number of nitrogens with two attached hydrogens (primary N) is 1.